The van der Waals surface area contributed by atoms with Gasteiger partial charge in [-0.15, -0.1) is 0 Å². The van der Waals surface area contributed by atoms with E-state index in [1.807, 2.05) is 0 Å². The first-order valence-corrected chi connectivity index (χ1v) is 5.25. The Kier molecular flexibility index (Phi) is 3.06. The standard InChI is InChI=1S/C11H9F6NO/c12-10(13,14)7-1-6(9(19)4-18-5-9)2-8(3-7)11(15,16)17/h1-3,18-19H,4-5H2. The van der Waals surface area contributed by atoms with Gasteiger partial charge in [-0.2, -0.15) is 26.3 Å². The molecule has 2 rings (SSSR count). The highest BCUT2D eigenvalue weighted by atomic mass is 19.4. The van der Waals surface area contributed by atoms with Crippen LogP contribution in [0.25, 0.3) is 0 Å². The van der Waals surface area contributed by atoms with E-state index >= 15 is 0 Å². The molecule has 0 aliphatic carbocycles. The number of rotatable bonds is 1. The van der Waals surface area contributed by atoms with Gasteiger partial charge in [-0.05, 0) is 23.8 Å². The van der Waals surface area contributed by atoms with Crippen LogP contribution in [0.2, 0.25) is 0 Å². The van der Waals surface area contributed by atoms with Crippen molar-refractivity contribution in [3.8, 4) is 0 Å². The number of alkyl halides is 6. The largest absolute Gasteiger partial charge is 0.416 e. The SMILES string of the molecule is OC1(c2cc(C(F)(F)F)cc(C(F)(F)F)c2)CNC1. The lowest BCUT2D eigenvalue weighted by Gasteiger charge is -2.38. The molecule has 1 aliphatic heterocycles. The summed E-state index contributed by atoms with van der Waals surface area (Å²) in [6, 6.07) is 1.14. The molecule has 0 saturated carbocycles. The van der Waals surface area contributed by atoms with Crippen LogP contribution in [0.15, 0.2) is 18.2 Å². The van der Waals surface area contributed by atoms with Crippen LogP contribution in [-0.4, -0.2) is 18.2 Å². The summed E-state index contributed by atoms with van der Waals surface area (Å²) in [7, 11) is 0. The summed E-state index contributed by atoms with van der Waals surface area (Å²) in [5.74, 6) is 0. The third-order valence-electron chi connectivity index (χ3n) is 2.96. The van der Waals surface area contributed by atoms with Gasteiger partial charge in [-0.1, -0.05) is 0 Å². The summed E-state index contributed by atoms with van der Waals surface area (Å²) < 4.78 is 75.5. The molecule has 1 heterocycles. The summed E-state index contributed by atoms with van der Waals surface area (Å²) in [6.45, 7) is -0.156. The van der Waals surface area contributed by atoms with Crippen molar-refractivity contribution in [2.45, 2.75) is 18.0 Å². The quantitative estimate of drug-likeness (QED) is 0.777. The number of halogens is 6. The Bertz CT molecular complexity index is 457. The first-order chi connectivity index (χ1) is 8.52. The molecule has 2 N–H and O–H groups in total. The van der Waals surface area contributed by atoms with Crippen molar-refractivity contribution in [2.24, 2.45) is 0 Å². The maximum Gasteiger partial charge on any atom is 0.416 e. The van der Waals surface area contributed by atoms with Crippen LogP contribution in [0.5, 0.6) is 0 Å². The predicted molar refractivity (Wildman–Crippen MR) is 53.2 cm³/mol. The molecule has 0 atom stereocenters. The van der Waals surface area contributed by atoms with E-state index in [2.05, 4.69) is 5.32 Å². The predicted octanol–water partition coefficient (Wildman–Crippen LogP) is 2.52. The van der Waals surface area contributed by atoms with E-state index < -0.39 is 29.1 Å². The third-order valence-corrected chi connectivity index (χ3v) is 2.96. The average Bonchev–Trinajstić information content (AvgIpc) is 2.23. The zero-order valence-corrected chi connectivity index (χ0v) is 9.36. The summed E-state index contributed by atoms with van der Waals surface area (Å²) in [4.78, 5) is 0. The zero-order chi connectivity index (χ0) is 14.5. The Morgan fingerprint density at radius 2 is 1.32 bits per heavy atom. The Hall–Kier alpha value is -1.28. The molecule has 1 aromatic carbocycles. The molecule has 1 fully saturated rings. The Morgan fingerprint density at radius 3 is 1.58 bits per heavy atom. The summed E-state index contributed by atoms with van der Waals surface area (Å²) in [5, 5.41) is 12.5. The molecule has 1 aromatic rings. The van der Waals surface area contributed by atoms with Gasteiger partial charge in [-0.25, -0.2) is 0 Å². The zero-order valence-electron chi connectivity index (χ0n) is 9.36. The number of hydrogen-bond acceptors (Lipinski definition) is 2. The van der Waals surface area contributed by atoms with E-state index in [1.54, 1.807) is 0 Å². The molecule has 0 bridgehead atoms. The summed E-state index contributed by atoms with van der Waals surface area (Å²) in [6.07, 6.45) is -9.80. The average molecular weight is 285 g/mol. The van der Waals surface area contributed by atoms with E-state index in [4.69, 9.17) is 0 Å². The number of aliphatic hydroxyl groups is 1. The van der Waals surface area contributed by atoms with Crippen molar-refractivity contribution in [3.63, 3.8) is 0 Å². The van der Waals surface area contributed by atoms with Gasteiger partial charge in [0.15, 0.2) is 0 Å². The lowest BCUT2D eigenvalue weighted by atomic mass is 9.86. The second-order valence-electron chi connectivity index (χ2n) is 4.43. The van der Waals surface area contributed by atoms with Crippen molar-refractivity contribution in [3.05, 3.63) is 34.9 Å². The van der Waals surface area contributed by atoms with E-state index in [0.717, 1.165) is 0 Å². The molecule has 1 saturated heterocycles. The van der Waals surface area contributed by atoms with E-state index in [9.17, 15) is 31.4 Å². The molecule has 8 heteroatoms. The van der Waals surface area contributed by atoms with Crippen LogP contribution in [0.1, 0.15) is 16.7 Å². The molecule has 0 aromatic heterocycles. The van der Waals surface area contributed by atoms with Gasteiger partial charge >= 0.3 is 12.4 Å². The smallest absolute Gasteiger partial charge is 0.382 e. The van der Waals surface area contributed by atoms with Crippen molar-refractivity contribution in [2.75, 3.05) is 13.1 Å². The highest BCUT2D eigenvalue weighted by Gasteiger charge is 2.42. The van der Waals surface area contributed by atoms with Gasteiger partial charge in [0.2, 0.25) is 0 Å². The van der Waals surface area contributed by atoms with Gasteiger partial charge in [0.05, 0.1) is 11.1 Å². The fraction of sp³-hybridized carbons (Fsp3) is 0.455. The van der Waals surface area contributed by atoms with Crippen LogP contribution in [0.3, 0.4) is 0 Å². The van der Waals surface area contributed by atoms with Crippen LogP contribution < -0.4 is 5.32 Å². The number of nitrogens with one attached hydrogen (secondary N) is 1. The first-order valence-electron chi connectivity index (χ1n) is 5.25. The number of hydrogen-bond donors (Lipinski definition) is 2. The molecule has 106 valence electrons. The number of β-amino-alcohol motifs (C(OH)–C–C–N with tert-alkyl or cyclic N) is 1. The van der Waals surface area contributed by atoms with E-state index in [1.165, 1.54) is 0 Å². The van der Waals surface area contributed by atoms with Crippen molar-refractivity contribution in [1.29, 1.82) is 0 Å². The monoisotopic (exact) mass is 285 g/mol. The van der Waals surface area contributed by atoms with E-state index in [0.29, 0.717) is 12.1 Å². The molecule has 0 spiro atoms. The van der Waals surface area contributed by atoms with Gasteiger partial charge in [-0.3, -0.25) is 0 Å². The molecule has 0 unspecified atom stereocenters. The fourth-order valence-corrected chi connectivity index (χ4v) is 1.79. The molecular weight excluding hydrogens is 276 g/mol. The van der Waals surface area contributed by atoms with Crippen molar-refractivity contribution >= 4 is 0 Å². The molecule has 2 nitrogen and oxygen atoms in total. The van der Waals surface area contributed by atoms with Crippen molar-refractivity contribution in [1.82, 2.24) is 5.32 Å². The normalized spacial score (nSPS) is 19.1. The van der Waals surface area contributed by atoms with Gasteiger partial charge in [0.1, 0.15) is 5.60 Å². The summed E-state index contributed by atoms with van der Waals surface area (Å²) >= 11 is 0. The molecule has 19 heavy (non-hydrogen) atoms. The topological polar surface area (TPSA) is 32.3 Å². The van der Waals surface area contributed by atoms with Crippen LogP contribution in [-0.2, 0) is 18.0 Å². The first kappa shape index (κ1) is 14.1. The molecular formula is C11H9F6NO. The van der Waals surface area contributed by atoms with Crippen LogP contribution in [0, 0.1) is 0 Å². The maximum absolute atomic E-state index is 12.6. The van der Waals surface area contributed by atoms with Gasteiger partial charge in [0.25, 0.3) is 0 Å². The summed E-state index contributed by atoms with van der Waals surface area (Å²) in [5.41, 5.74) is -4.90. The van der Waals surface area contributed by atoms with Gasteiger partial charge < -0.3 is 10.4 Å². The Labute approximate surface area is 104 Å². The molecule has 0 amide bonds. The third kappa shape index (κ3) is 2.69. The second kappa shape index (κ2) is 4.11. The minimum Gasteiger partial charge on any atom is -0.382 e. The molecule has 0 radical (unpaired) electrons. The molecule has 1 aliphatic rings. The highest BCUT2D eigenvalue weighted by molar-refractivity contribution is 5.38. The lowest BCUT2D eigenvalue weighted by Crippen LogP contribution is -2.56. The fourth-order valence-electron chi connectivity index (χ4n) is 1.79. The highest BCUT2D eigenvalue weighted by Crippen LogP contribution is 2.39. The Balaban J connectivity index is 2.56. The van der Waals surface area contributed by atoms with Gasteiger partial charge in [0, 0.05) is 13.1 Å². The van der Waals surface area contributed by atoms with E-state index in [-0.39, 0.29) is 24.7 Å². The Morgan fingerprint density at radius 1 is 0.895 bits per heavy atom. The van der Waals surface area contributed by atoms with Crippen molar-refractivity contribution < 1.29 is 31.4 Å². The van der Waals surface area contributed by atoms with Crippen LogP contribution in [0.4, 0.5) is 26.3 Å². The maximum atomic E-state index is 12.6. The second-order valence-corrected chi connectivity index (χ2v) is 4.43. The lowest BCUT2D eigenvalue weighted by molar-refractivity contribution is -0.143. The minimum atomic E-state index is -4.90. The van der Waals surface area contributed by atoms with Crippen LogP contribution >= 0.6 is 0 Å². The minimum absolute atomic E-state index is 0.0406. The number of benzene rings is 1.